The molecule has 0 aliphatic rings. The number of H-pyrrole nitrogens is 1. The van der Waals surface area contributed by atoms with E-state index in [9.17, 15) is 13.2 Å². The Morgan fingerprint density at radius 2 is 1.75 bits per heavy atom. The average Bonchev–Trinajstić information content (AvgIpc) is 2.89. The maximum Gasteiger partial charge on any atom is 0.573 e. The number of aromatic amines is 1. The Bertz CT molecular complexity index is 772. The van der Waals surface area contributed by atoms with Crippen molar-refractivity contribution in [3.63, 3.8) is 0 Å². The van der Waals surface area contributed by atoms with E-state index in [1.165, 1.54) is 24.3 Å². The van der Waals surface area contributed by atoms with Gasteiger partial charge in [-0.3, -0.25) is 0 Å². The number of alkyl halides is 3. The Kier molecular flexibility index (Phi) is 6.14. The molecule has 0 amide bonds. The van der Waals surface area contributed by atoms with Crippen molar-refractivity contribution in [1.29, 1.82) is 0 Å². The first-order valence-corrected chi connectivity index (χ1v) is 7.89. The summed E-state index contributed by atoms with van der Waals surface area (Å²) < 4.78 is 44.6. The van der Waals surface area contributed by atoms with Gasteiger partial charge < -0.3 is 14.5 Å². The molecule has 128 valence electrons. The maximum absolute atomic E-state index is 11.5. The number of para-hydroxylation sites is 1. The molecule has 1 aromatic heterocycles. The zero-order valence-corrected chi connectivity index (χ0v) is 14.3. The van der Waals surface area contributed by atoms with Crippen LogP contribution in [-0.2, 0) is 0 Å². The number of benzene rings is 2. The van der Waals surface area contributed by atoms with Crippen molar-refractivity contribution in [2.45, 2.75) is 13.3 Å². The molecule has 0 saturated carbocycles. The quantitative estimate of drug-likeness (QED) is 0.591. The van der Waals surface area contributed by atoms with E-state index in [-0.39, 0.29) is 5.75 Å². The number of nitrogens with one attached hydrogen (secondary N) is 1. The normalized spacial score (nSPS) is 10.9. The molecule has 0 saturated heterocycles. The highest BCUT2D eigenvalue weighted by molar-refractivity contribution is 9.10. The molecule has 0 fully saturated rings. The van der Waals surface area contributed by atoms with Crippen LogP contribution in [0.1, 0.15) is 6.92 Å². The van der Waals surface area contributed by atoms with Gasteiger partial charge in [0.2, 0.25) is 0 Å². The second-order valence-electron chi connectivity index (χ2n) is 4.63. The van der Waals surface area contributed by atoms with Crippen molar-refractivity contribution in [2.75, 3.05) is 6.61 Å². The van der Waals surface area contributed by atoms with Gasteiger partial charge in [-0.25, -0.2) is 0 Å². The van der Waals surface area contributed by atoms with E-state index < -0.39 is 6.36 Å². The van der Waals surface area contributed by atoms with Crippen molar-refractivity contribution in [3.8, 4) is 11.5 Å². The molecule has 0 radical (unpaired) electrons. The molecule has 7 heteroatoms. The van der Waals surface area contributed by atoms with Crippen molar-refractivity contribution >= 4 is 26.8 Å². The Balaban J connectivity index is 0.000000177. The third-order valence-corrected chi connectivity index (χ3v) is 3.30. The molecule has 0 atom stereocenters. The molecule has 24 heavy (non-hydrogen) atoms. The van der Waals surface area contributed by atoms with E-state index in [0.29, 0.717) is 6.61 Å². The molecule has 0 aliphatic heterocycles. The lowest BCUT2D eigenvalue weighted by Gasteiger charge is -2.07. The predicted octanol–water partition coefficient (Wildman–Crippen LogP) is 5.91. The van der Waals surface area contributed by atoms with E-state index in [2.05, 4.69) is 25.7 Å². The first-order chi connectivity index (χ1) is 11.4. The molecular formula is C17H15BrF3NO2. The van der Waals surface area contributed by atoms with Gasteiger partial charge in [-0.05, 0) is 53.2 Å². The Hall–Kier alpha value is -2.15. The summed E-state index contributed by atoms with van der Waals surface area (Å²) in [7, 11) is 0. The van der Waals surface area contributed by atoms with E-state index in [0.717, 1.165) is 21.3 Å². The molecule has 0 unspecified atom stereocenters. The molecule has 3 nitrogen and oxygen atoms in total. The second kappa shape index (κ2) is 8.10. The zero-order valence-electron chi connectivity index (χ0n) is 12.7. The largest absolute Gasteiger partial charge is 0.573 e. The van der Waals surface area contributed by atoms with Crippen molar-refractivity contribution in [2.24, 2.45) is 0 Å². The predicted molar refractivity (Wildman–Crippen MR) is 90.3 cm³/mol. The first-order valence-electron chi connectivity index (χ1n) is 7.10. The minimum atomic E-state index is -4.60. The van der Waals surface area contributed by atoms with Crippen LogP contribution in [0.25, 0.3) is 10.9 Å². The van der Waals surface area contributed by atoms with Gasteiger partial charge in [-0.2, -0.15) is 0 Å². The monoisotopic (exact) mass is 401 g/mol. The SMILES string of the molecule is CCOc1cccc2[nH]c(Br)cc12.FC(F)(F)Oc1ccccc1. The molecule has 3 aromatic rings. The van der Waals surface area contributed by atoms with Crippen molar-refractivity contribution in [3.05, 3.63) is 59.2 Å². The Labute approximate surface area is 145 Å². The molecule has 3 rings (SSSR count). The van der Waals surface area contributed by atoms with Crippen LogP contribution in [-0.4, -0.2) is 18.0 Å². The minimum Gasteiger partial charge on any atom is -0.493 e. The van der Waals surface area contributed by atoms with Crippen LogP contribution in [0.2, 0.25) is 0 Å². The maximum atomic E-state index is 11.5. The van der Waals surface area contributed by atoms with Crippen LogP contribution in [0, 0.1) is 0 Å². The van der Waals surface area contributed by atoms with Crippen LogP contribution in [0.5, 0.6) is 11.5 Å². The number of aromatic nitrogens is 1. The summed E-state index contributed by atoms with van der Waals surface area (Å²) in [5.41, 5.74) is 1.10. The summed E-state index contributed by atoms with van der Waals surface area (Å²) in [5, 5.41) is 1.12. The van der Waals surface area contributed by atoms with Crippen LogP contribution >= 0.6 is 15.9 Å². The van der Waals surface area contributed by atoms with Gasteiger partial charge in [0.05, 0.1) is 11.2 Å². The molecule has 0 aliphatic carbocycles. The van der Waals surface area contributed by atoms with Gasteiger partial charge in [-0.1, -0.05) is 24.3 Å². The summed E-state index contributed by atoms with van der Waals surface area (Å²) in [4.78, 5) is 3.19. The number of hydrogen-bond acceptors (Lipinski definition) is 2. The van der Waals surface area contributed by atoms with Crippen LogP contribution in [0.4, 0.5) is 13.2 Å². The summed E-state index contributed by atoms with van der Waals surface area (Å²) in [6.45, 7) is 2.68. The highest BCUT2D eigenvalue weighted by Gasteiger charge is 2.30. The van der Waals surface area contributed by atoms with E-state index >= 15 is 0 Å². The molecular weight excluding hydrogens is 387 g/mol. The Morgan fingerprint density at radius 1 is 1.04 bits per heavy atom. The third-order valence-electron chi connectivity index (χ3n) is 2.87. The van der Waals surface area contributed by atoms with E-state index in [1.54, 1.807) is 6.07 Å². The molecule has 0 bridgehead atoms. The topological polar surface area (TPSA) is 34.2 Å². The summed E-state index contributed by atoms with van der Waals surface area (Å²) in [6, 6.07) is 15.1. The van der Waals surface area contributed by atoms with Gasteiger partial charge in [-0.15, -0.1) is 13.2 Å². The zero-order chi connectivity index (χ0) is 17.6. The van der Waals surface area contributed by atoms with Gasteiger partial charge in [0.25, 0.3) is 0 Å². The Morgan fingerprint density at radius 3 is 2.38 bits per heavy atom. The average molecular weight is 402 g/mol. The first kappa shape index (κ1) is 18.2. The number of hydrogen-bond donors (Lipinski definition) is 1. The highest BCUT2D eigenvalue weighted by atomic mass is 79.9. The van der Waals surface area contributed by atoms with Crippen molar-refractivity contribution in [1.82, 2.24) is 4.98 Å². The molecule has 2 aromatic carbocycles. The second-order valence-corrected chi connectivity index (χ2v) is 5.48. The lowest BCUT2D eigenvalue weighted by Crippen LogP contribution is -2.16. The highest BCUT2D eigenvalue weighted by Crippen LogP contribution is 2.28. The smallest absolute Gasteiger partial charge is 0.493 e. The number of halogens is 4. The number of fused-ring (bicyclic) bond motifs is 1. The molecule has 0 spiro atoms. The minimum absolute atomic E-state index is 0.194. The van der Waals surface area contributed by atoms with Gasteiger partial charge >= 0.3 is 6.36 Å². The van der Waals surface area contributed by atoms with E-state index in [4.69, 9.17) is 4.74 Å². The number of rotatable bonds is 3. The van der Waals surface area contributed by atoms with Gasteiger partial charge in [0, 0.05) is 10.9 Å². The number of ether oxygens (including phenoxy) is 2. The fourth-order valence-electron chi connectivity index (χ4n) is 2.00. The lowest BCUT2D eigenvalue weighted by molar-refractivity contribution is -0.274. The fourth-order valence-corrected chi connectivity index (χ4v) is 2.44. The molecule has 1 heterocycles. The van der Waals surface area contributed by atoms with Crippen LogP contribution in [0.3, 0.4) is 0 Å². The van der Waals surface area contributed by atoms with Crippen LogP contribution < -0.4 is 9.47 Å². The van der Waals surface area contributed by atoms with Crippen LogP contribution in [0.15, 0.2) is 59.2 Å². The molecule has 1 N–H and O–H groups in total. The van der Waals surface area contributed by atoms with Gasteiger partial charge in [0.15, 0.2) is 0 Å². The van der Waals surface area contributed by atoms with E-state index in [1.807, 2.05) is 31.2 Å². The summed E-state index contributed by atoms with van der Waals surface area (Å²) >= 11 is 3.40. The standard InChI is InChI=1S/C10H10BrNO.C7H5F3O/c1-2-13-9-5-3-4-8-7(9)6-10(11)12-8;8-7(9,10)11-6-4-2-1-3-5-6/h3-6,12H,2H2,1H3;1-5H. The van der Waals surface area contributed by atoms with Gasteiger partial charge in [0.1, 0.15) is 11.5 Å². The summed E-state index contributed by atoms with van der Waals surface area (Å²) in [6.07, 6.45) is -4.60. The lowest BCUT2D eigenvalue weighted by atomic mass is 10.2. The summed E-state index contributed by atoms with van der Waals surface area (Å²) in [5.74, 6) is 0.738. The van der Waals surface area contributed by atoms with Crippen molar-refractivity contribution < 1.29 is 22.6 Å². The third kappa shape index (κ3) is 5.49. The fraction of sp³-hybridized carbons (Fsp3) is 0.176.